The number of carbonyl (C=O) groups excluding carboxylic acids is 2. The molecule has 0 bridgehead atoms. The van der Waals surface area contributed by atoms with Crippen LogP contribution in [0.5, 0.6) is 0 Å². The molecule has 6 nitrogen and oxygen atoms in total. The first-order valence-corrected chi connectivity index (χ1v) is 11.1. The van der Waals surface area contributed by atoms with E-state index in [9.17, 15) is 9.59 Å². The van der Waals surface area contributed by atoms with Crippen LogP contribution in [0.15, 0.2) is 12.2 Å². The van der Waals surface area contributed by atoms with Crippen molar-refractivity contribution in [2.24, 2.45) is 0 Å². The second kappa shape index (κ2) is 16.1. The first kappa shape index (κ1) is 26.4. The number of unbranched alkanes of at least 4 members (excludes halogenated alkanes) is 6. The van der Waals surface area contributed by atoms with Crippen LogP contribution in [-0.2, 0) is 28.8 Å². The largest absolute Gasteiger partial charge is 0.469 e. The molecule has 1 saturated heterocycles. The molecule has 0 spiro atoms. The van der Waals surface area contributed by atoms with Gasteiger partial charge in [0.25, 0.3) is 0 Å². The molecular weight excluding hydrogens is 384 g/mol. The molecule has 2 atom stereocenters. The van der Waals surface area contributed by atoms with Gasteiger partial charge in [-0.25, -0.2) is 9.78 Å². The highest BCUT2D eigenvalue weighted by Gasteiger charge is 2.38. The molecule has 0 aromatic carbocycles. The van der Waals surface area contributed by atoms with Crippen molar-refractivity contribution in [1.82, 2.24) is 0 Å². The molecular formula is C24H38O6. The Morgan fingerprint density at radius 1 is 1.13 bits per heavy atom. The summed E-state index contributed by atoms with van der Waals surface area (Å²) in [5.74, 6) is 5.47. The SMILES string of the molecule is COC(=O)C[C@@H]1CC[C@](CCCC#C/C=C/CCCCCCCC(C)=O)(OC)OO1. The van der Waals surface area contributed by atoms with Gasteiger partial charge in [0.1, 0.15) is 11.9 Å². The van der Waals surface area contributed by atoms with Gasteiger partial charge >= 0.3 is 5.97 Å². The van der Waals surface area contributed by atoms with E-state index >= 15 is 0 Å². The summed E-state index contributed by atoms with van der Waals surface area (Å²) < 4.78 is 10.2. The van der Waals surface area contributed by atoms with E-state index < -0.39 is 5.79 Å². The van der Waals surface area contributed by atoms with E-state index in [1.54, 1.807) is 14.0 Å². The smallest absolute Gasteiger partial charge is 0.308 e. The molecule has 0 aliphatic carbocycles. The van der Waals surface area contributed by atoms with Gasteiger partial charge in [-0.05, 0) is 45.1 Å². The number of hydrogen-bond acceptors (Lipinski definition) is 6. The summed E-state index contributed by atoms with van der Waals surface area (Å²) in [6, 6.07) is 0. The minimum Gasteiger partial charge on any atom is -0.469 e. The maximum atomic E-state index is 11.3. The van der Waals surface area contributed by atoms with Crippen LogP contribution in [0.2, 0.25) is 0 Å². The van der Waals surface area contributed by atoms with Crippen LogP contribution < -0.4 is 0 Å². The molecule has 1 aliphatic rings. The molecule has 30 heavy (non-hydrogen) atoms. The quantitative estimate of drug-likeness (QED) is 0.169. The lowest BCUT2D eigenvalue weighted by molar-refractivity contribution is -0.466. The molecule has 0 aromatic heterocycles. The summed E-state index contributed by atoms with van der Waals surface area (Å²) in [6.45, 7) is 1.66. The van der Waals surface area contributed by atoms with Gasteiger partial charge in [-0.3, -0.25) is 4.79 Å². The highest BCUT2D eigenvalue weighted by atomic mass is 17.2. The average molecular weight is 423 g/mol. The van der Waals surface area contributed by atoms with Crippen molar-refractivity contribution in [1.29, 1.82) is 0 Å². The Morgan fingerprint density at radius 2 is 1.90 bits per heavy atom. The van der Waals surface area contributed by atoms with Crippen molar-refractivity contribution in [3.63, 3.8) is 0 Å². The minimum atomic E-state index is -0.755. The number of esters is 1. The number of hydrogen-bond donors (Lipinski definition) is 0. The fraction of sp³-hybridized carbons (Fsp3) is 0.750. The third kappa shape index (κ3) is 12.1. The van der Waals surface area contributed by atoms with Crippen LogP contribution >= 0.6 is 0 Å². The van der Waals surface area contributed by atoms with Crippen molar-refractivity contribution in [2.75, 3.05) is 14.2 Å². The Kier molecular flexibility index (Phi) is 14.1. The zero-order chi connectivity index (χ0) is 22.1. The Morgan fingerprint density at radius 3 is 2.57 bits per heavy atom. The van der Waals surface area contributed by atoms with Gasteiger partial charge < -0.3 is 14.3 Å². The fourth-order valence-corrected chi connectivity index (χ4v) is 3.32. The van der Waals surface area contributed by atoms with Crippen molar-refractivity contribution < 1.29 is 28.8 Å². The van der Waals surface area contributed by atoms with Crippen molar-refractivity contribution >= 4 is 11.8 Å². The predicted octanol–water partition coefficient (Wildman–Crippen LogP) is 5.05. The van der Waals surface area contributed by atoms with Crippen molar-refractivity contribution in [2.45, 2.75) is 102 Å². The van der Waals surface area contributed by atoms with Crippen LogP contribution in [0, 0.1) is 11.8 Å². The Labute approximate surface area is 181 Å². The molecule has 0 aromatic rings. The highest BCUT2D eigenvalue weighted by molar-refractivity contribution is 5.75. The third-order valence-electron chi connectivity index (χ3n) is 5.24. The molecule has 0 saturated carbocycles. The zero-order valence-electron chi connectivity index (χ0n) is 18.9. The van der Waals surface area contributed by atoms with Gasteiger partial charge in [0.05, 0.1) is 13.5 Å². The van der Waals surface area contributed by atoms with Crippen LogP contribution in [-0.4, -0.2) is 37.9 Å². The summed E-state index contributed by atoms with van der Waals surface area (Å²) >= 11 is 0. The lowest BCUT2D eigenvalue weighted by atomic mass is 9.99. The van der Waals surface area contributed by atoms with Crippen LogP contribution in [0.4, 0.5) is 0 Å². The Hall–Kier alpha value is -1.68. The van der Waals surface area contributed by atoms with Crippen molar-refractivity contribution in [3.05, 3.63) is 12.2 Å². The molecule has 1 rings (SSSR count). The predicted molar refractivity (Wildman–Crippen MR) is 115 cm³/mol. The number of Topliss-reactive ketones (excluding diaryl/α,β-unsaturated/α-hetero) is 1. The maximum Gasteiger partial charge on any atom is 0.308 e. The zero-order valence-corrected chi connectivity index (χ0v) is 18.9. The van der Waals surface area contributed by atoms with Crippen molar-refractivity contribution in [3.8, 4) is 11.8 Å². The van der Waals surface area contributed by atoms with Gasteiger partial charge in [0, 0.05) is 32.8 Å². The normalized spacial score (nSPS) is 21.2. The van der Waals surface area contributed by atoms with E-state index in [1.807, 2.05) is 6.08 Å². The molecule has 0 radical (unpaired) electrons. The molecule has 1 aliphatic heterocycles. The van der Waals surface area contributed by atoms with E-state index in [2.05, 4.69) is 22.7 Å². The first-order valence-electron chi connectivity index (χ1n) is 11.1. The van der Waals surface area contributed by atoms with Crippen LogP contribution in [0.1, 0.15) is 90.4 Å². The number of ether oxygens (including phenoxy) is 2. The maximum absolute atomic E-state index is 11.3. The Balaban J connectivity index is 2.09. The third-order valence-corrected chi connectivity index (χ3v) is 5.24. The molecule has 170 valence electrons. The number of rotatable bonds is 14. The highest BCUT2D eigenvalue weighted by Crippen LogP contribution is 2.33. The molecule has 0 amide bonds. The van der Waals surface area contributed by atoms with E-state index in [0.29, 0.717) is 19.3 Å². The number of methoxy groups -OCH3 is 2. The molecule has 0 unspecified atom stereocenters. The van der Waals surface area contributed by atoms with E-state index in [1.165, 1.54) is 26.4 Å². The summed E-state index contributed by atoms with van der Waals surface area (Å²) in [7, 11) is 2.98. The van der Waals surface area contributed by atoms with Crippen LogP contribution in [0.25, 0.3) is 0 Å². The topological polar surface area (TPSA) is 71.1 Å². The minimum absolute atomic E-state index is 0.188. The number of ketones is 1. The monoisotopic (exact) mass is 422 g/mol. The number of allylic oxidation sites excluding steroid dienone is 2. The lowest BCUT2D eigenvalue weighted by Crippen LogP contribution is -2.42. The van der Waals surface area contributed by atoms with Crippen LogP contribution in [0.3, 0.4) is 0 Å². The summed E-state index contributed by atoms with van der Waals surface area (Å²) in [6.07, 6.45) is 15.1. The van der Waals surface area contributed by atoms with E-state index in [0.717, 1.165) is 38.5 Å². The second-order valence-corrected chi connectivity index (χ2v) is 7.82. The second-order valence-electron chi connectivity index (χ2n) is 7.82. The summed E-state index contributed by atoms with van der Waals surface area (Å²) in [5, 5.41) is 0. The van der Waals surface area contributed by atoms with Gasteiger partial charge in [0.2, 0.25) is 5.79 Å². The van der Waals surface area contributed by atoms with Gasteiger partial charge in [0.15, 0.2) is 0 Å². The van der Waals surface area contributed by atoms with Gasteiger partial charge in [-0.2, -0.15) is 0 Å². The molecule has 1 fully saturated rings. The van der Waals surface area contributed by atoms with E-state index in [-0.39, 0.29) is 24.3 Å². The molecule has 0 N–H and O–H groups in total. The van der Waals surface area contributed by atoms with Gasteiger partial charge in [-0.1, -0.05) is 37.2 Å². The molecule has 1 heterocycles. The average Bonchev–Trinajstić information content (AvgIpc) is 2.75. The lowest BCUT2D eigenvalue weighted by Gasteiger charge is -2.37. The van der Waals surface area contributed by atoms with Gasteiger partial charge in [-0.15, -0.1) is 0 Å². The number of carbonyl (C=O) groups is 2. The first-order chi connectivity index (χ1) is 14.5. The fourth-order valence-electron chi connectivity index (χ4n) is 3.32. The summed E-state index contributed by atoms with van der Waals surface area (Å²) in [4.78, 5) is 33.0. The Bertz CT molecular complexity index is 578. The summed E-state index contributed by atoms with van der Waals surface area (Å²) in [5.41, 5.74) is 0. The standard InChI is InChI=1S/C24H38O6/c1-21(25)16-14-12-10-8-6-4-5-7-9-11-13-15-18-24(28-3)19-17-22(29-30-24)20-23(26)27-2/h5,7,22H,4,6,8,10,12-20H2,1-3H3/b7-5+/t22-,24+/m0/s1. The molecule has 6 heteroatoms. The van der Waals surface area contributed by atoms with E-state index in [4.69, 9.17) is 14.5 Å².